The summed E-state index contributed by atoms with van der Waals surface area (Å²) in [6.45, 7) is 6.03. The first-order valence-corrected chi connectivity index (χ1v) is 4.84. The van der Waals surface area contributed by atoms with Crippen LogP contribution in [0.25, 0.3) is 0 Å². The van der Waals surface area contributed by atoms with E-state index in [4.69, 9.17) is 5.73 Å². The van der Waals surface area contributed by atoms with Crippen LogP contribution in [0.3, 0.4) is 0 Å². The lowest BCUT2D eigenvalue weighted by Crippen LogP contribution is -2.42. The Balaban J connectivity index is 2.21. The number of piperidine rings is 1. The van der Waals surface area contributed by atoms with Crippen LogP contribution >= 0.6 is 0 Å². The molecule has 0 unspecified atom stereocenters. The SMILES string of the molecule is C[C@H]1CN(CCCN)CC[C@H]1O. The van der Waals surface area contributed by atoms with Crippen molar-refractivity contribution in [3.63, 3.8) is 0 Å². The average molecular weight is 172 g/mol. The van der Waals surface area contributed by atoms with E-state index in [1.807, 2.05) is 0 Å². The highest BCUT2D eigenvalue weighted by Crippen LogP contribution is 2.16. The summed E-state index contributed by atoms with van der Waals surface area (Å²) < 4.78 is 0. The molecule has 1 rings (SSSR count). The molecule has 0 amide bonds. The number of nitrogens with two attached hydrogens (primary N) is 1. The van der Waals surface area contributed by atoms with Gasteiger partial charge in [0.05, 0.1) is 6.10 Å². The van der Waals surface area contributed by atoms with Gasteiger partial charge in [-0.3, -0.25) is 0 Å². The molecule has 1 heterocycles. The van der Waals surface area contributed by atoms with E-state index in [1.165, 1.54) is 0 Å². The monoisotopic (exact) mass is 172 g/mol. The van der Waals surface area contributed by atoms with E-state index < -0.39 is 0 Å². The van der Waals surface area contributed by atoms with E-state index in [9.17, 15) is 5.11 Å². The number of rotatable bonds is 3. The fourth-order valence-corrected chi connectivity index (χ4v) is 1.74. The number of nitrogens with zero attached hydrogens (tertiary/aromatic N) is 1. The molecule has 0 radical (unpaired) electrons. The lowest BCUT2D eigenvalue weighted by Gasteiger charge is -2.34. The third-order valence-electron chi connectivity index (χ3n) is 2.62. The smallest absolute Gasteiger partial charge is 0.0590 e. The molecule has 0 bridgehead atoms. The van der Waals surface area contributed by atoms with Gasteiger partial charge in [0.1, 0.15) is 0 Å². The molecule has 3 heteroatoms. The predicted octanol–water partition coefficient (Wildman–Crippen LogP) is 0.0379. The van der Waals surface area contributed by atoms with E-state index in [-0.39, 0.29) is 6.10 Å². The fraction of sp³-hybridized carbons (Fsp3) is 1.00. The zero-order valence-electron chi connectivity index (χ0n) is 7.87. The summed E-state index contributed by atoms with van der Waals surface area (Å²) in [4.78, 5) is 2.39. The highest BCUT2D eigenvalue weighted by atomic mass is 16.3. The minimum absolute atomic E-state index is 0.0841. The maximum atomic E-state index is 9.47. The molecule has 72 valence electrons. The number of hydrogen-bond acceptors (Lipinski definition) is 3. The summed E-state index contributed by atoms with van der Waals surface area (Å²) >= 11 is 0. The molecule has 3 nitrogen and oxygen atoms in total. The summed E-state index contributed by atoms with van der Waals surface area (Å²) in [5, 5.41) is 9.47. The standard InChI is InChI=1S/C9H20N2O/c1-8-7-11(5-2-4-10)6-3-9(8)12/h8-9,12H,2-7,10H2,1H3/t8-,9+/m0/s1. The third kappa shape index (κ3) is 2.73. The molecule has 0 aliphatic carbocycles. The van der Waals surface area contributed by atoms with Crippen LogP contribution in [0.2, 0.25) is 0 Å². The van der Waals surface area contributed by atoms with Crippen LogP contribution in [0.1, 0.15) is 19.8 Å². The van der Waals surface area contributed by atoms with Gasteiger partial charge in [0.15, 0.2) is 0 Å². The lowest BCUT2D eigenvalue weighted by molar-refractivity contribution is 0.0350. The lowest BCUT2D eigenvalue weighted by atomic mass is 9.97. The van der Waals surface area contributed by atoms with Gasteiger partial charge in [0.25, 0.3) is 0 Å². The van der Waals surface area contributed by atoms with E-state index >= 15 is 0 Å². The van der Waals surface area contributed by atoms with E-state index in [0.29, 0.717) is 5.92 Å². The fourth-order valence-electron chi connectivity index (χ4n) is 1.74. The Hall–Kier alpha value is -0.120. The Bertz CT molecular complexity index is 128. The number of aliphatic hydroxyl groups is 1. The molecule has 0 saturated carbocycles. The van der Waals surface area contributed by atoms with Crippen LogP contribution in [-0.2, 0) is 0 Å². The Labute approximate surface area is 74.5 Å². The van der Waals surface area contributed by atoms with Crippen molar-refractivity contribution in [3.05, 3.63) is 0 Å². The molecule has 0 aromatic carbocycles. The van der Waals surface area contributed by atoms with E-state index in [1.54, 1.807) is 0 Å². The van der Waals surface area contributed by atoms with E-state index in [0.717, 1.165) is 39.0 Å². The van der Waals surface area contributed by atoms with Crippen LogP contribution < -0.4 is 5.73 Å². The van der Waals surface area contributed by atoms with Crippen molar-refractivity contribution >= 4 is 0 Å². The highest BCUT2D eigenvalue weighted by Gasteiger charge is 2.23. The van der Waals surface area contributed by atoms with Crippen LogP contribution in [0.15, 0.2) is 0 Å². The van der Waals surface area contributed by atoms with Gasteiger partial charge in [0.2, 0.25) is 0 Å². The van der Waals surface area contributed by atoms with Gasteiger partial charge in [0, 0.05) is 13.1 Å². The van der Waals surface area contributed by atoms with Crippen LogP contribution in [0, 0.1) is 5.92 Å². The first kappa shape index (κ1) is 9.96. The molecule has 1 aliphatic rings. The molecule has 1 aliphatic heterocycles. The summed E-state index contributed by atoms with van der Waals surface area (Å²) in [7, 11) is 0. The Morgan fingerprint density at radius 2 is 2.33 bits per heavy atom. The molecule has 1 saturated heterocycles. The number of aliphatic hydroxyl groups excluding tert-OH is 1. The van der Waals surface area contributed by atoms with Gasteiger partial charge in [-0.25, -0.2) is 0 Å². The van der Waals surface area contributed by atoms with Crippen molar-refractivity contribution in [2.45, 2.75) is 25.9 Å². The molecule has 3 N–H and O–H groups in total. The number of hydrogen-bond donors (Lipinski definition) is 2. The summed E-state index contributed by atoms with van der Waals surface area (Å²) in [5.74, 6) is 0.427. The Morgan fingerprint density at radius 1 is 1.58 bits per heavy atom. The maximum absolute atomic E-state index is 9.47. The largest absolute Gasteiger partial charge is 0.393 e. The van der Waals surface area contributed by atoms with Crippen LogP contribution in [0.4, 0.5) is 0 Å². The molecular formula is C9H20N2O. The molecule has 1 fully saturated rings. The zero-order valence-corrected chi connectivity index (χ0v) is 7.87. The summed E-state index contributed by atoms with van der Waals surface area (Å²) in [5.41, 5.74) is 5.43. The zero-order chi connectivity index (χ0) is 8.97. The number of likely N-dealkylation sites (tertiary alicyclic amines) is 1. The molecule has 0 aromatic rings. The first-order valence-electron chi connectivity index (χ1n) is 4.84. The maximum Gasteiger partial charge on any atom is 0.0590 e. The second kappa shape index (κ2) is 4.80. The minimum atomic E-state index is -0.0841. The first-order chi connectivity index (χ1) is 5.74. The van der Waals surface area contributed by atoms with Gasteiger partial charge in [-0.05, 0) is 31.8 Å². The summed E-state index contributed by atoms with van der Waals surface area (Å²) in [6.07, 6.45) is 1.91. The van der Waals surface area contributed by atoms with Crippen molar-refractivity contribution in [3.8, 4) is 0 Å². The second-order valence-corrected chi connectivity index (χ2v) is 3.78. The second-order valence-electron chi connectivity index (χ2n) is 3.78. The molecule has 2 atom stereocenters. The minimum Gasteiger partial charge on any atom is -0.393 e. The Kier molecular flexibility index (Phi) is 3.98. The summed E-state index contributed by atoms with van der Waals surface area (Å²) in [6, 6.07) is 0. The molecule has 0 aromatic heterocycles. The molecule has 0 spiro atoms. The van der Waals surface area contributed by atoms with Gasteiger partial charge in [-0.2, -0.15) is 0 Å². The Morgan fingerprint density at radius 3 is 2.92 bits per heavy atom. The van der Waals surface area contributed by atoms with Crippen LogP contribution in [-0.4, -0.2) is 42.3 Å². The average Bonchev–Trinajstić information content (AvgIpc) is 2.07. The topological polar surface area (TPSA) is 49.5 Å². The highest BCUT2D eigenvalue weighted by molar-refractivity contribution is 4.76. The third-order valence-corrected chi connectivity index (χ3v) is 2.62. The van der Waals surface area contributed by atoms with Crippen molar-refractivity contribution in [2.24, 2.45) is 11.7 Å². The van der Waals surface area contributed by atoms with Crippen molar-refractivity contribution in [1.29, 1.82) is 0 Å². The predicted molar refractivity (Wildman–Crippen MR) is 49.9 cm³/mol. The van der Waals surface area contributed by atoms with Crippen molar-refractivity contribution in [1.82, 2.24) is 4.90 Å². The van der Waals surface area contributed by atoms with Gasteiger partial charge >= 0.3 is 0 Å². The van der Waals surface area contributed by atoms with Crippen molar-refractivity contribution < 1.29 is 5.11 Å². The normalized spacial score (nSPS) is 32.2. The van der Waals surface area contributed by atoms with Gasteiger partial charge in [-0.15, -0.1) is 0 Å². The molecule has 12 heavy (non-hydrogen) atoms. The molecular weight excluding hydrogens is 152 g/mol. The van der Waals surface area contributed by atoms with Crippen molar-refractivity contribution in [2.75, 3.05) is 26.2 Å². The quantitative estimate of drug-likeness (QED) is 0.632. The van der Waals surface area contributed by atoms with E-state index in [2.05, 4.69) is 11.8 Å². The van der Waals surface area contributed by atoms with Gasteiger partial charge < -0.3 is 15.7 Å². The van der Waals surface area contributed by atoms with Gasteiger partial charge in [-0.1, -0.05) is 6.92 Å². The van der Waals surface area contributed by atoms with Crippen LogP contribution in [0.5, 0.6) is 0 Å².